The Morgan fingerprint density at radius 2 is 2.00 bits per heavy atom. The van der Waals surface area contributed by atoms with Crippen molar-refractivity contribution in [2.45, 2.75) is 6.92 Å². The number of nitroso groups, excluding NO2 is 1. The Bertz CT molecular complexity index is 668. The minimum atomic E-state index is 0.347. The van der Waals surface area contributed by atoms with Crippen LogP contribution in [0.15, 0.2) is 51.9 Å². The largest absolute Gasteiger partial charge is 0.397 e. The second-order valence-corrected chi connectivity index (χ2v) is 4.21. The summed E-state index contributed by atoms with van der Waals surface area (Å²) in [7, 11) is 0. The molecule has 0 spiro atoms. The van der Waals surface area contributed by atoms with E-state index in [4.69, 9.17) is 11.6 Å². The van der Waals surface area contributed by atoms with Gasteiger partial charge < -0.3 is 16.9 Å². The number of anilines is 3. The van der Waals surface area contributed by atoms with Gasteiger partial charge in [0.2, 0.25) is 0 Å². The van der Waals surface area contributed by atoms with Crippen molar-refractivity contribution in [3.8, 4) is 0 Å². The lowest BCUT2D eigenvalue weighted by atomic mass is 10.1. The molecule has 20 heavy (non-hydrogen) atoms. The summed E-state index contributed by atoms with van der Waals surface area (Å²) in [6.07, 6.45) is 0. The molecule has 5 N–H and O–H groups in total. The molecule has 0 bridgehead atoms. The van der Waals surface area contributed by atoms with Crippen LogP contribution in [0.4, 0.5) is 28.4 Å². The maximum atomic E-state index is 10.7. The Labute approximate surface area is 115 Å². The van der Waals surface area contributed by atoms with Crippen LogP contribution in [0.1, 0.15) is 5.56 Å². The van der Waals surface area contributed by atoms with E-state index in [-0.39, 0.29) is 0 Å². The fraction of sp³-hybridized carbons (Fsp3) is 0.0769. The van der Waals surface area contributed by atoms with Crippen LogP contribution in [0.2, 0.25) is 0 Å². The van der Waals surface area contributed by atoms with E-state index in [0.29, 0.717) is 22.7 Å². The third-order valence-corrected chi connectivity index (χ3v) is 2.76. The van der Waals surface area contributed by atoms with Gasteiger partial charge in [-0.2, -0.15) is 0 Å². The first kappa shape index (κ1) is 13.5. The van der Waals surface area contributed by atoms with Crippen molar-refractivity contribution in [2.75, 3.05) is 11.1 Å². The van der Waals surface area contributed by atoms with Crippen molar-refractivity contribution in [3.63, 3.8) is 0 Å². The first-order valence-electron chi connectivity index (χ1n) is 5.85. The smallest absolute Gasteiger partial charge is 0.113 e. The van der Waals surface area contributed by atoms with Crippen molar-refractivity contribution in [2.24, 2.45) is 21.4 Å². The predicted octanol–water partition coefficient (Wildman–Crippen LogP) is 3.68. The summed E-state index contributed by atoms with van der Waals surface area (Å²) in [5.41, 5.74) is 9.49. The lowest BCUT2D eigenvalue weighted by Crippen LogP contribution is -1.97. The van der Waals surface area contributed by atoms with Gasteiger partial charge in [0.05, 0.1) is 17.1 Å². The summed E-state index contributed by atoms with van der Waals surface area (Å²) in [6, 6.07) is 10.5. The molecule has 0 unspecified atom stereocenters. The molecule has 7 heteroatoms. The van der Waals surface area contributed by atoms with Crippen molar-refractivity contribution in [1.82, 2.24) is 0 Å². The number of hydrogen-bond acceptors (Lipinski definition) is 6. The maximum Gasteiger partial charge on any atom is 0.113 e. The van der Waals surface area contributed by atoms with E-state index < -0.39 is 0 Å². The normalized spacial score (nSPS) is 10.7. The van der Waals surface area contributed by atoms with Crippen molar-refractivity contribution >= 4 is 28.4 Å². The van der Waals surface area contributed by atoms with Gasteiger partial charge in [0.15, 0.2) is 0 Å². The lowest BCUT2D eigenvalue weighted by molar-refractivity contribution is 1.06. The number of hydrogen-bond donors (Lipinski definition) is 3. The Morgan fingerprint density at radius 1 is 1.20 bits per heavy atom. The fourth-order valence-electron chi connectivity index (χ4n) is 1.79. The summed E-state index contributed by atoms with van der Waals surface area (Å²) < 4.78 is 0. The van der Waals surface area contributed by atoms with E-state index in [0.717, 1.165) is 11.3 Å². The molecule has 2 aromatic rings. The molecule has 0 aliphatic carbocycles. The molecule has 7 nitrogen and oxygen atoms in total. The summed E-state index contributed by atoms with van der Waals surface area (Å²) in [5.74, 6) is 5.01. The molecule has 0 heterocycles. The molecule has 0 amide bonds. The van der Waals surface area contributed by atoms with Crippen molar-refractivity contribution in [1.29, 1.82) is 0 Å². The highest BCUT2D eigenvalue weighted by Gasteiger charge is 2.06. The number of benzene rings is 2. The summed E-state index contributed by atoms with van der Waals surface area (Å²) in [5, 5.41) is 13.0. The zero-order chi connectivity index (χ0) is 14.5. The van der Waals surface area contributed by atoms with Crippen LogP contribution in [0.25, 0.3) is 0 Å². The number of aryl methyl sites for hydroxylation is 1. The Hall–Kier alpha value is -2.96. The van der Waals surface area contributed by atoms with Gasteiger partial charge in [0.25, 0.3) is 0 Å². The van der Waals surface area contributed by atoms with Crippen LogP contribution in [-0.2, 0) is 0 Å². The number of nitrogens with zero attached hydrogens (tertiary/aromatic N) is 3. The molecule has 0 saturated heterocycles. The van der Waals surface area contributed by atoms with Gasteiger partial charge >= 0.3 is 0 Å². The Morgan fingerprint density at radius 3 is 2.70 bits per heavy atom. The van der Waals surface area contributed by atoms with E-state index in [9.17, 15) is 4.91 Å². The van der Waals surface area contributed by atoms with Gasteiger partial charge in [-0.1, -0.05) is 11.3 Å². The quantitative estimate of drug-likeness (QED) is 0.258. The van der Waals surface area contributed by atoms with Gasteiger partial charge in [-0.15, -0.1) is 10.0 Å². The topological polar surface area (TPSA) is 118 Å². The highest BCUT2D eigenvalue weighted by atomic mass is 16.3. The number of rotatable bonds is 4. The van der Waals surface area contributed by atoms with Crippen molar-refractivity contribution < 1.29 is 0 Å². The molecule has 0 fully saturated rings. The van der Waals surface area contributed by atoms with Crippen LogP contribution >= 0.6 is 0 Å². The van der Waals surface area contributed by atoms with Crippen LogP contribution in [-0.4, -0.2) is 0 Å². The number of nitrogens with two attached hydrogens (primary N) is 2. The first-order valence-corrected chi connectivity index (χ1v) is 5.85. The van der Waals surface area contributed by atoms with Crippen LogP contribution in [0.3, 0.4) is 0 Å². The van der Waals surface area contributed by atoms with Gasteiger partial charge in [-0.25, -0.2) is 0 Å². The second-order valence-electron chi connectivity index (χ2n) is 4.21. The lowest BCUT2D eigenvalue weighted by Gasteiger charge is -2.11. The molecule has 0 aromatic heterocycles. The fourth-order valence-corrected chi connectivity index (χ4v) is 1.79. The van der Waals surface area contributed by atoms with E-state index >= 15 is 0 Å². The monoisotopic (exact) mass is 270 g/mol. The standard InChI is InChI=1S/C13H14N6O/c1-8-5-11(14)13(7-12(8)18-20)16-9-3-2-4-10(6-9)17-19-15/h2-7,16H,14H2,1H3,(H2,15,17). The molecular weight excluding hydrogens is 256 g/mol. The van der Waals surface area contributed by atoms with E-state index in [1.807, 2.05) is 6.07 Å². The minimum Gasteiger partial charge on any atom is -0.397 e. The maximum absolute atomic E-state index is 10.7. The zero-order valence-corrected chi connectivity index (χ0v) is 10.9. The Balaban J connectivity index is 2.34. The molecule has 0 saturated carbocycles. The molecule has 2 rings (SSSR count). The first-order chi connectivity index (χ1) is 9.63. The van der Waals surface area contributed by atoms with E-state index in [1.54, 1.807) is 37.3 Å². The third kappa shape index (κ3) is 2.89. The molecule has 0 atom stereocenters. The van der Waals surface area contributed by atoms with E-state index in [2.05, 4.69) is 20.8 Å². The van der Waals surface area contributed by atoms with Gasteiger partial charge in [-0.05, 0) is 48.0 Å². The Kier molecular flexibility index (Phi) is 3.90. The molecule has 0 aliphatic rings. The highest BCUT2D eigenvalue weighted by molar-refractivity contribution is 5.78. The average molecular weight is 270 g/mol. The summed E-state index contributed by atoms with van der Waals surface area (Å²) >= 11 is 0. The summed E-state index contributed by atoms with van der Waals surface area (Å²) in [6.45, 7) is 1.78. The van der Waals surface area contributed by atoms with Gasteiger partial charge in [0.1, 0.15) is 5.69 Å². The van der Waals surface area contributed by atoms with Gasteiger partial charge in [0, 0.05) is 5.69 Å². The van der Waals surface area contributed by atoms with Crippen LogP contribution in [0.5, 0.6) is 0 Å². The number of nitrogen functional groups attached to an aromatic ring is 1. The molecular formula is C13H14N6O. The van der Waals surface area contributed by atoms with Gasteiger partial charge in [-0.3, -0.25) is 0 Å². The third-order valence-electron chi connectivity index (χ3n) is 2.76. The van der Waals surface area contributed by atoms with Crippen LogP contribution in [0, 0.1) is 11.8 Å². The van der Waals surface area contributed by atoms with E-state index in [1.165, 1.54) is 0 Å². The van der Waals surface area contributed by atoms with Crippen molar-refractivity contribution in [3.05, 3.63) is 46.9 Å². The summed E-state index contributed by atoms with van der Waals surface area (Å²) in [4.78, 5) is 10.7. The zero-order valence-electron chi connectivity index (χ0n) is 10.9. The SMILES string of the molecule is Cc1cc(N)c(Nc2cccc(N=NN)c2)cc1N=O. The van der Waals surface area contributed by atoms with Crippen LogP contribution < -0.4 is 16.9 Å². The minimum absolute atomic E-state index is 0.347. The molecule has 2 aromatic carbocycles. The molecule has 102 valence electrons. The highest BCUT2D eigenvalue weighted by Crippen LogP contribution is 2.31. The molecule has 0 radical (unpaired) electrons. The molecule has 0 aliphatic heterocycles. The predicted molar refractivity (Wildman–Crippen MR) is 79.5 cm³/mol. The average Bonchev–Trinajstić information content (AvgIpc) is 2.43. The number of nitrogens with one attached hydrogen (secondary N) is 1. The second kappa shape index (κ2) is 5.79.